The molecule has 0 unspecified atom stereocenters. The Morgan fingerprint density at radius 2 is 1.67 bits per heavy atom. The SMILES string of the molecule is CCCc1sc(N(C(=O)Cc2ccccc2)c2ccccc2C)nc1-c1ccc(OC)cc1. The number of methoxy groups -OCH3 is 1. The van der Waals surface area contributed by atoms with Gasteiger partial charge >= 0.3 is 0 Å². The topological polar surface area (TPSA) is 42.4 Å². The maximum Gasteiger partial charge on any atom is 0.237 e. The minimum atomic E-state index is 0.00794. The molecule has 168 valence electrons. The standard InChI is InChI=1S/C28H28N2O2S/c1-4-10-25-27(22-15-17-23(32-3)18-16-22)29-28(33-25)30(24-14-9-8-11-20(24)2)26(31)19-21-12-6-5-7-13-21/h5-9,11-18H,4,10,19H2,1-3H3. The van der Waals surface area contributed by atoms with Crippen LogP contribution in [0.2, 0.25) is 0 Å². The number of carbonyl (C=O) groups is 1. The average Bonchev–Trinajstić information content (AvgIpc) is 3.24. The van der Waals surface area contributed by atoms with Crippen molar-refractivity contribution in [2.24, 2.45) is 0 Å². The van der Waals surface area contributed by atoms with E-state index >= 15 is 0 Å². The number of hydrogen-bond donors (Lipinski definition) is 0. The molecule has 4 rings (SSSR count). The van der Waals surface area contributed by atoms with Gasteiger partial charge in [0.25, 0.3) is 0 Å². The molecule has 4 aromatic rings. The van der Waals surface area contributed by atoms with E-state index in [4.69, 9.17) is 9.72 Å². The summed E-state index contributed by atoms with van der Waals surface area (Å²) in [5.41, 5.74) is 4.86. The molecule has 3 aromatic carbocycles. The second kappa shape index (κ2) is 10.5. The number of carbonyl (C=O) groups excluding carboxylic acids is 1. The number of aryl methyl sites for hydroxylation is 2. The zero-order valence-electron chi connectivity index (χ0n) is 19.2. The molecule has 0 spiro atoms. The van der Waals surface area contributed by atoms with Crippen LogP contribution in [0.3, 0.4) is 0 Å². The van der Waals surface area contributed by atoms with E-state index in [1.807, 2.05) is 85.8 Å². The number of amides is 1. The van der Waals surface area contributed by atoms with Gasteiger partial charge < -0.3 is 4.74 Å². The Balaban J connectivity index is 1.79. The van der Waals surface area contributed by atoms with Crippen LogP contribution in [0.15, 0.2) is 78.9 Å². The van der Waals surface area contributed by atoms with E-state index in [1.165, 1.54) is 4.88 Å². The summed E-state index contributed by atoms with van der Waals surface area (Å²) in [5, 5.41) is 0.708. The molecule has 33 heavy (non-hydrogen) atoms. The highest BCUT2D eigenvalue weighted by Crippen LogP contribution is 2.38. The van der Waals surface area contributed by atoms with Crippen molar-refractivity contribution in [2.75, 3.05) is 12.0 Å². The second-order valence-corrected chi connectivity index (χ2v) is 8.99. The van der Waals surface area contributed by atoms with Crippen molar-refractivity contribution in [2.45, 2.75) is 33.1 Å². The summed E-state index contributed by atoms with van der Waals surface area (Å²) >= 11 is 1.60. The molecule has 1 heterocycles. The summed E-state index contributed by atoms with van der Waals surface area (Å²) < 4.78 is 5.31. The Hall–Kier alpha value is -3.44. The predicted molar refractivity (Wildman–Crippen MR) is 137 cm³/mol. The quantitative estimate of drug-likeness (QED) is 0.287. The number of thiazole rings is 1. The molecule has 0 aliphatic heterocycles. The number of hydrogen-bond acceptors (Lipinski definition) is 4. The third-order valence-corrected chi connectivity index (χ3v) is 6.62. The molecule has 0 fully saturated rings. The molecular formula is C28H28N2O2S. The Morgan fingerprint density at radius 1 is 0.970 bits per heavy atom. The van der Waals surface area contributed by atoms with E-state index in [0.717, 1.165) is 46.7 Å². The first-order valence-corrected chi connectivity index (χ1v) is 12.0. The summed E-state index contributed by atoms with van der Waals surface area (Å²) in [7, 11) is 1.66. The van der Waals surface area contributed by atoms with E-state index in [2.05, 4.69) is 6.92 Å². The minimum Gasteiger partial charge on any atom is -0.497 e. The lowest BCUT2D eigenvalue weighted by Crippen LogP contribution is -2.28. The van der Waals surface area contributed by atoms with Crippen LogP contribution in [0, 0.1) is 6.92 Å². The van der Waals surface area contributed by atoms with Crippen molar-refractivity contribution in [3.63, 3.8) is 0 Å². The van der Waals surface area contributed by atoms with Gasteiger partial charge in [-0.2, -0.15) is 0 Å². The molecule has 1 amide bonds. The van der Waals surface area contributed by atoms with Crippen LogP contribution in [0.4, 0.5) is 10.8 Å². The molecule has 4 nitrogen and oxygen atoms in total. The lowest BCUT2D eigenvalue weighted by atomic mass is 10.1. The molecule has 0 atom stereocenters. The van der Waals surface area contributed by atoms with Crippen molar-refractivity contribution in [1.29, 1.82) is 0 Å². The summed E-state index contributed by atoms with van der Waals surface area (Å²) in [6.07, 6.45) is 2.23. The number of anilines is 2. The molecule has 0 N–H and O–H groups in total. The zero-order valence-corrected chi connectivity index (χ0v) is 20.1. The van der Waals surface area contributed by atoms with Crippen molar-refractivity contribution >= 4 is 28.1 Å². The molecule has 0 saturated heterocycles. The largest absolute Gasteiger partial charge is 0.497 e. The summed E-state index contributed by atoms with van der Waals surface area (Å²) in [6.45, 7) is 4.19. The Bertz CT molecular complexity index is 1220. The van der Waals surface area contributed by atoms with Crippen LogP contribution in [-0.4, -0.2) is 18.0 Å². The molecule has 0 radical (unpaired) electrons. The summed E-state index contributed by atoms with van der Waals surface area (Å²) in [4.78, 5) is 21.6. The lowest BCUT2D eigenvalue weighted by molar-refractivity contribution is -0.117. The van der Waals surface area contributed by atoms with Crippen LogP contribution >= 0.6 is 11.3 Å². The maximum absolute atomic E-state index is 13.6. The van der Waals surface area contributed by atoms with E-state index in [9.17, 15) is 4.79 Å². The van der Waals surface area contributed by atoms with Crippen molar-refractivity contribution in [1.82, 2.24) is 4.98 Å². The Kier molecular flexibility index (Phi) is 7.20. The highest BCUT2D eigenvalue weighted by molar-refractivity contribution is 7.16. The summed E-state index contributed by atoms with van der Waals surface area (Å²) in [6, 6.07) is 25.8. The number of benzene rings is 3. The highest BCUT2D eigenvalue weighted by Gasteiger charge is 2.25. The van der Waals surface area contributed by atoms with Gasteiger partial charge in [-0.1, -0.05) is 61.9 Å². The van der Waals surface area contributed by atoms with Crippen molar-refractivity contribution in [3.05, 3.63) is 94.9 Å². The molecule has 1 aromatic heterocycles. The van der Waals surface area contributed by atoms with Gasteiger partial charge in [0.15, 0.2) is 5.13 Å². The van der Waals surface area contributed by atoms with E-state index in [1.54, 1.807) is 23.3 Å². The number of ether oxygens (including phenoxy) is 1. The fourth-order valence-electron chi connectivity index (χ4n) is 3.81. The van der Waals surface area contributed by atoms with Crippen LogP contribution in [0.1, 0.15) is 29.3 Å². The molecule has 0 saturated carbocycles. The molecule has 0 bridgehead atoms. The van der Waals surface area contributed by atoms with E-state index in [-0.39, 0.29) is 5.91 Å². The van der Waals surface area contributed by atoms with Gasteiger partial charge in [0.1, 0.15) is 5.75 Å². The fraction of sp³-hybridized carbons (Fsp3) is 0.214. The first-order chi connectivity index (χ1) is 16.1. The molecule has 0 aliphatic rings. The van der Waals surface area contributed by atoms with Crippen LogP contribution < -0.4 is 9.64 Å². The second-order valence-electron chi connectivity index (χ2n) is 7.92. The lowest BCUT2D eigenvalue weighted by Gasteiger charge is -2.22. The molecule has 5 heteroatoms. The fourth-order valence-corrected chi connectivity index (χ4v) is 5.03. The van der Waals surface area contributed by atoms with Gasteiger partial charge in [-0.3, -0.25) is 9.69 Å². The van der Waals surface area contributed by atoms with Gasteiger partial charge in [-0.15, -0.1) is 11.3 Å². The Labute approximate surface area is 199 Å². The van der Waals surface area contributed by atoms with Gasteiger partial charge in [0.05, 0.1) is 24.9 Å². The zero-order chi connectivity index (χ0) is 23.2. The van der Waals surface area contributed by atoms with Crippen molar-refractivity contribution < 1.29 is 9.53 Å². The summed E-state index contributed by atoms with van der Waals surface area (Å²) in [5.74, 6) is 0.819. The van der Waals surface area contributed by atoms with E-state index < -0.39 is 0 Å². The first-order valence-electron chi connectivity index (χ1n) is 11.2. The van der Waals surface area contributed by atoms with Crippen LogP contribution in [0.5, 0.6) is 5.75 Å². The first kappa shape index (κ1) is 22.7. The van der Waals surface area contributed by atoms with Crippen molar-refractivity contribution in [3.8, 4) is 17.0 Å². The molecular weight excluding hydrogens is 428 g/mol. The van der Waals surface area contributed by atoms with Crippen LogP contribution in [-0.2, 0) is 17.6 Å². The van der Waals surface area contributed by atoms with Crippen LogP contribution in [0.25, 0.3) is 11.3 Å². The number of para-hydroxylation sites is 1. The predicted octanol–water partition coefficient (Wildman–Crippen LogP) is 6.99. The smallest absolute Gasteiger partial charge is 0.237 e. The maximum atomic E-state index is 13.6. The normalized spacial score (nSPS) is 10.8. The third kappa shape index (κ3) is 5.15. The third-order valence-electron chi connectivity index (χ3n) is 5.52. The van der Waals surface area contributed by atoms with Gasteiger partial charge in [0, 0.05) is 10.4 Å². The molecule has 0 aliphatic carbocycles. The van der Waals surface area contributed by atoms with Gasteiger partial charge in [-0.05, 0) is 54.8 Å². The van der Waals surface area contributed by atoms with Gasteiger partial charge in [0.2, 0.25) is 5.91 Å². The monoisotopic (exact) mass is 456 g/mol. The number of rotatable bonds is 8. The number of nitrogens with zero attached hydrogens (tertiary/aromatic N) is 2. The van der Waals surface area contributed by atoms with E-state index in [0.29, 0.717) is 11.6 Å². The highest BCUT2D eigenvalue weighted by atomic mass is 32.1. The minimum absolute atomic E-state index is 0.00794. The average molecular weight is 457 g/mol. The number of aromatic nitrogens is 1. The van der Waals surface area contributed by atoms with Gasteiger partial charge in [-0.25, -0.2) is 4.98 Å². The Morgan fingerprint density at radius 3 is 2.33 bits per heavy atom.